The van der Waals surface area contributed by atoms with Crippen molar-refractivity contribution in [3.8, 4) is 0 Å². The summed E-state index contributed by atoms with van der Waals surface area (Å²) in [6, 6.07) is 0. The monoisotopic (exact) mass is 141 g/mol. The summed E-state index contributed by atoms with van der Waals surface area (Å²) in [7, 11) is 1.55. The van der Waals surface area contributed by atoms with Gasteiger partial charge in [-0.05, 0) is 13.8 Å². The molecule has 0 aromatic carbocycles. The first-order valence-corrected chi connectivity index (χ1v) is 2.92. The first-order valence-electron chi connectivity index (χ1n) is 2.92. The Kier molecular flexibility index (Phi) is 3.39. The Labute approximate surface area is 60.1 Å². The zero-order chi connectivity index (χ0) is 8.15. The number of allylic oxidation sites excluding steroid dienone is 2. The third-order valence-corrected chi connectivity index (χ3v) is 1.03. The molecule has 0 atom stereocenters. The molecule has 0 saturated carbocycles. The number of ketones is 1. The zero-order valence-electron chi connectivity index (χ0n) is 6.38. The quantitative estimate of drug-likeness (QED) is 0.355. The number of carbonyl (C=O) groups is 1. The molecule has 0 heterocycles. The van der Waals surface area contributed by atoms with E-state index in [0.717, 1.165) is 0 Å². The summed E-state index contributed by atoms with van der Waals surface area (Å²) in [5, 5.41) is 8.88. The van der Waals surface area contributed by atoms with Crippen LogP contribution in [0.4, 0.5) is 0 Å². The Bertz CT molecular complexity index is 188. The highest BCUT2D eigenvalue weighted by atomic mass is 16.3. The highest BCUT2D eigenvalue weighted by Crippen LogP contribution is 1.98. The highest BCUT2D eigenvalue weighted by Gasteiger charge is 2.02. The number of aliphatic hydroxyl groups excluding tert-OH is 1. The van der Waals surface area contributed by atoms with Gasteiger partial charge in [-0.15, -0.1) is 0 Å². The number of aliphatic hydroxyl groups is 1. The van der Waals surface area contributed by atoms with Crippen molar-refractivity contribution in [2.75, 3.05) is 7.05 Å². The molecule has 0 aliphatic heterocycles. The predicted molar refractivity (Wildman–Crippen MR) is 40.4 cm³/mol. The highest BCUT2D eigenvalue weighted by molar-refractivity contribution is 6.12. The van der Waals surface area contributed by atoms with Crippen LogP contribution >= 0.6 is 0 Å². The van der Waals surface area contributed by atoms with Crippen LogP contribution in [0.1, 0.15) is 13.8 Å². The average molecular weight is 141 g/mol. The summed E-state index contributed by atoms with van der Waals surface area (Å²) < 4.78 is 0. The maximum Gasteiger partial charge on any atom is 0.164 e. The van der Waals surface area contributed by atoms with Gasteiger partial charge in [0.1, 0.15) is 5.76 Å². The van der Waals surface area contributed by atoms with E-state index in [2.05, 4.69) is 4.99 Å². The van der Waals surface area contributed by atoms with Crippen LogP contribution < -0.4 is 0 Å². The number of hydrogen-bond acceptors (Lipinski definition) is 3. The number of nitrogens with zero attached hydrogens (tertiary/aromatic N) is 1. The lowest BCUT2D eigenvalue weighted by Crippen LogP contribution is -2.00. The van der Waals surface area contributed by atoms with Crippen molar-refractivity contribution in [3.05, 3.63) is 11.3 Å². The Hall–Kier alpha value is -1.12. The summed E-state index contributed by atoms with van der Waals surface area (Å²) in [6.45, 7) is 2.84. The molecule has 0 spiro atoms. The van der Waals surface area contributed by atoms with E-state index in [1.54, 1.807) is 7.05 Å². The molecule has 3 heteroatoms. The fourth-order valence-corrected chi connectivity index (χ4v) is 0.568. The second-order valence-electron chi connectivity index (χ2n) is 1.94. The van der Waals surface area contributed by atoms with Gasteiger partial charge in [-0.25, -0.2) is 0 Å². The molecule has 0 unspecified atom stereocenters. The third kappa shape index (κ3) is 2.44. The van der Waals surface area contributed by atoms with Crippen molar-refractivity contribution in [2.45, 2.75) is 13.8 Å². The van der Waals surface area contributed by atoms with E-state index in [9.17, 15) is 4.79 Å². The summed E-state index contributed by atoms with van der Waals surface area (Å²) in [5.74, 6) is -0.163. The number of rotatable bonds is 2. The number of aliphatic imine (C=N–C) groups is 1. The molecule has 0 amide bonds. The maximum absolute atomic E-state index is 10.7. The molecule has 0 aliphatic rings. The van der Waals surface area contributed by atoms with Crippen LogP contribution in [0.2, 0.25) is 0 Å². The molecule has 1 N–H and O–H groups in total. The molecule has 56 valence electrons. The molecule has 0 aromatic heterocycles. The van der Waals surface area contributed by atoms with Crippen molar-refractivity contribution in [2.24, 2.45) is 4.99 Å². The van der Waals surface area contributed by atoms with E-state index in [4.69, 9.17) is 5.11 Å². The average Bonchev–Trinajstić information content (AvgIpc) is 1.81. The smallest absolute Gasteiger partial charge is 0.164 e. The lowest BCUT2D eigenvalue weighted by atomic mass is 10.2. The standard InChI is InChI=1S/C7H11NO2/c1-5(9)7(4-8-3)6(2)10/h4,9H,1-3H3/b7-5-,8-4?. The van der Waals surface area contributed by atoms with Crippen molar-refractivity contribution < 1.29 is 9.90 Å². The van der Waals surface area contributed by atoms with Crippen molar-refractivity contribution >= 4 is 12.0 Å². The zero-order valence-corrected chi connectivity index (χ0v) is 6.38. The summed E-state index contributed by atoms with van der Waals surface area (Å²) >= 11 is 0. The van der Waals surface area contributed by atoms with Crippen LogP contribution in [-0.2, 0) is 4.79 Å². The Morgan fingerprint density at radius 1 is 1.50 bits per heavy atom. The molecule has 0 radical (unpaired) electrons. The first-order chi connectivity index (χ1) is 4.59. The lowest BCUT2D eigenvalue weighted by molar-refractivity contribution is -0.113. The van der Waals surface area contributed by atoms with E-state index >= 15 is 0 Å². The van der Waals surface area contributed by atoms with Gasteiger partial charge in [-0.3, -0.25) is 9.79 Å². The normalized spacial score (nSPS) is 13.5. The lowest BCUT2D eigenvalue weighted by Gasteiger charge is -1.95. The van der Waals surface area contributed by atoms with Crippen LogP contribution in [0.15, 0.2) is 16.3 Å². The van der Waals surface area contributed by atoms with E-state index in [0.29, 0.717) is 0 Å². The Morgan fingerprint density at radius 3 is 2.10 bits per heavy atom. The summed E-state index contributed by atoms with van der Waals surface area (Å²) in [6.07, 6.45) is 1.34. The maximum atomic E-state index is 10.7. The molecule has 0 saturated heterocycles. The van der Waals surface area contributed by atoms with Gasteiger partial charge in [-0.1, -0.05) is 0 Å². The van der Waals surface area contributed by atoms with Crippen LogP contribution in [-0.4, -0.2) is 24.2 Å². The molecular formula is C7H11NO2. The second-order valence-corrected chi connectivity index (χ2v) is 1.94. The van der Waals surface area contributed by atoms with Gasteiger partial charge < -0.3 is 5.11 Å². The van der Waals surface area contributed by atoms with Gasteiger partial charge in [0, 0.05) is 13.3 Å². The van der Waals surface area contributed by atoms with E-state index in [1.807, 2.05) is 0 Å². The van der Waals surface area contributed by atoms with E-state index in [-0.39, 0.29) is 17.1 Å². The van der Waals surface area contributed by atoms with Gasteiger partial charge >= 0.3 is 0 Å². The van der Waals surface area contributed by atoms with E-state index < -0.39 is 0 Å². The SMILES string of the molecule is CN=C/C(C(C)=O)=C(\C)O. The second kappa shape index (κ2) is 3.82. The molecule has 0 bridgehead atoms. The van der Waals surface area contributed by atoms with Gasteiger partial charge in [0.2, 0.25) is 0 Å². The summed E-state index contributed by atoms with van der Waals surface area (Å²) in [5.41, 5.74) is 0.266. The predicted octanol–water partition coefficient (Wildman–Crippen LogP) is 1.11. The van der Waals surface area contributed by atoms with Crippen molar-refractivity contribution in [1.82, 2.24) is 0 Å². The molecular weight excluding hydrogens is 130 g/mol. The Morgan fingerprint density at radius 2 is 2.00 bits per heavy atom. The molecule has 0 aliphatic carbocycles. The van der Waals surface area contributed by atoms with Crippen molar-refractivity contribution in [3.63, 3.8) is 0 Å². The van der Waals surface area contributed by atoms with Gasteiger partial charge in [0.25, 0.3) is 0 Å². The van der Waals surface area contributed by atoms with Gasteiger partial charge in [-0.2, -0.15) is 0 Å². The fourth-order valence-electron chi connectivity index (χ4n) is 0.568. The van der Waals surface area contributed by atoms with Gasteiger partial charge in [0.15, 0.2) is 5.78 Å². The molecule has 0 aromatic rings. The fraction of sp³-hybridized carbons (Fsp3) is 0.429. The molecule has 0 fully saturated rings. The number of Topliss-reactive ketones (excluding diaryl/α,β-unsaturated/α-hetero) is 1. The topological polar surface area (TPSA) is 49.7 Å². The summed E-state index contributed by atoms with van der Waals surface area (Å²) in [4.78, 5) is 14.3. The molecule has 3 nitrogen and oxygen atoms in total. The van der Waals surface area contributed by atoms with Crippen LogP contribution in [0.3, 0.4) is 0 Å². The third-order valence-electron chi connectivity index (χ3n) is 1.03. The molecule has 10 heavy (non-hydrogen) atoms. The van der Waals surface area contributed by atoms with E-state index in [1.165, 1.54) is 20.1 Å². The minimum absolute atomic E-state index is 0.0121. The van der Waals surface area contributed by atoms with Crippen LogP contribution in [0.25, 0.3) is 0 Å². The van der Waals surface area contributed by atoms with Gasteiger partial charge in [0.05, 0.1) is 5.57 Å². The first kappa shape index (κ1) is 8.88. The minimum Gasteiger partial charge on any atom is -0.512 e. The molecule has 0 rings (SSSR count). The minimum atomic E-state index is -0.175. The largest absolute Gasteiger partial charge is 0.512 e. The van der Waals surface area contributed by atoms with Crippen molar-refractivity contribution in [1.29, 1.82) is 0 Å². The number of carbonyl (C=O) groups excluding carboxylic acids is 1. The Balaban J connectivity index is 4.61. The number of hydrogen-bond donors (Lipinski definition) is 1. The van der Waals surface area contributed by atoms with Crippen LogP contribution in [0, 0.1) is 0 Å². The van der Waals surface area contributed by atoms with Crippen LogP contribution in [0.5, 0.6) is 0 Å².